The molecular weight excluding hydrogens is 409 g/mol. The van der Waals surface area contributed by atoms with E-state index in [0.29, 0.717) is 36.1 Å². The van der Waals surface area contributed by atoms with Gasteiger partial charge >= 0.3 is 0 Å². The molecule has 0 spiro atoms. The number of halogens is 1. The molecule has 0 fully saturated rings. The summed E-state index contributed by atoms with van der Waals surface area (Å²) in [4.78, 5) is 8.11. The smallest absolute Gasteiger partial charge is 0.197 e. The van der Waals surface area contributed by atoms with Gasteiger partial charge in [-0.05, 0) is 62.2 Å². The molecule has 0 amide bonds. The monoisotopic (exact) mass is 431 g/mol. The third kappa shape index (κ3) is 3.41. The summed E-state index contributed by atoms with van der Waals surface area (Å²) in [5, 5.41) is 15.0. The van der Waals surface area contributed by atoms with E-state index in [9.17, 15) is 9.65 Å². The lowest BCUT2D eigenvalue weighted by Crippen LogP contribution is -2.24. The molecule has 5 rings (SSSR count). The van der Waals surface area contributed by atoms with Gasteiger partial charge in [0.25, 0.3) is 0 Å². The van der Waals surface area contributed by atoms with Gasteiger partial charge < -0.3 is 14.5 Å². The Labute approximate surface area is 184 Å². The number of nitrogens with zero attached hydrogens (tertiary/aromatic N) is 4. The molecule has 1 N–H and O–H groups in total. The Kier molecular flexibility index (Phi) is 4.91. The highest BCUT2D eigenvalue weighted by Crippen LogP contribution is 2.35. The number of nitriles is 1. The van der Waals surface area contributed by atoms with Gasteiger partial charge in [0.1, 0.15) is 23.7 Å². The van der Waals surface area contributed by atoms with E-state index in [0.717, 1.165) is 27.7 Å². The van der Waals surface area contributed by atoms with E-state index in [1.807, 2.05) is 37.6 Å². The zero-order valence-corrected chi connectivity index (χ0v) is 18.0. The minimum atomic E-state index is -0.417. The number of hydrogen-bond acceptors (Lipinski definition) is 5. The molecule has 162 valence electrons. The Morgan fingerprint density at radius 2 is 2.12 bits per heavy atom. The summed E-state index contributed by atoms with van der Waals surface area (Å²) in [5.74, 6) is 1.48. The predicted octanol–water partition coefficient (Wildman–Crippen LogP) is 4.65. The van der Waals surface area contributed by atoms with Crippen LogP contribution in [0.25, 0.3) is 22.4 Å². The molecule has 1 unspecified atom stereocenters. The van der Waals surface area contributed by atoms with Crippen molar-refractivity contribution < 1.29 is 13.9 Å². The first kappa shape index (κ1) is 20.2. The molecular formula is C24H22FN5O2. The Bertz CT molecular complexity index is 1360. The third-order valence-corrected chi connectivity index (χ3v) is 5.51. The molecule has 32 heavy (non-hydrogen) atoms. The fourth-order valence-corrected chi connectivity index (χ4v) is 4.07. The molecule has 0 saturated carbocycles. The van der Waals surface area contributed by atoms with Crippen LogP contribution in [-0.4, -0.2) is 32.5 Å². The molecule has 0 aliphatic carbocycles. The maximum atomic E-state index is 13.6. The van der Waals surface area contributed by atoms with Crippen molar-refractivity contribution in [3.8, 4) is 23.3 Å². The van der Waals surface area contributed by atoms with Crippen LogP contribution in [-0.2, 0) is 11.3 Å². The molecule has 7 nitrogen and oxygen atoms in total. The second-order valence-corrected chi connectivity index (χ2v) is 8.13. The van der Waals surface area contributed by atoms with Gasteiger partial charge in [-0.3, -0.25) is 0 Å². The van der Waals surface area contributed by atoms with E-state index >= 15 is 0 Å². The molecule has 0 radical (unpaired) electrons. The molecule has 1 aliphatic heterocycles. The average molecular weight is 431 g/mol. The Balaban J connectivity index is 1.59. The van der Waals surface area contributed by atoms with Gasteiger partial charge in [-0.1, -0.05) is 6.07 Å². The Hall–Kier alpha value is -3.70. The van der Waals surface area contributed by atoms with Gasteiger partial charge in [-0.2, -0.15) is 5.26 Å². The maximum absolute atomic E-state index is 13.6. The van der Waals surface area contributed by atoms with Crippen LogP contribution in [0.4, 0.5) is 4.39 Å². The van der Waals surface area contributed by atoms with Crippen molar-refractivity contribution in [2.45, 2.75) is 39.5 Å². The minimum absolute atomic E-state index is 0.0686. The van der Waals surface area contributed by atoms with Gasteiger partial charge in [-0.25, -0.2) is 14.1 Å². The van der Waals surface area contributed by atoms with E-state index in [4.69, 9.17) is 14.5 Å². The van der Waals surface area contributed by atoms with Crippen LogP contribution in [0.15, 0.2) is 36.4 Å². The van der Waals surface area contributed by atoms with Crippen LogP contribution < -0.4 is 4.74 Å². The molecule has 1 aliphatic rings. The van der Waals surface area contributed by atoms with Crippen LogP contribution in [0, 0.1) is 24.1 Å². The normalized spacial score (nSPS) is 15.7. The lowest BCUT2D eigenvalue weighted by atomic mass is 10.0. The van der Waals surface area contributed by atoms with Crippen LogP contribution >= 0.6 is 0 Å². The predicted molar refractivity (Wildman–Crippen MR) is 117 cm³/mol. The summed E-state index contributed by atoms with van der Waals surface area (Å²) in [6.45, 7) is 6.78. The number of benzene rings is 2. The number of aromatic nitrogens is 4. The Morgan fingerprint density at radius 3 is 2.88 bits per heavy atom. The Morgan fingerprint density at radius 1 is 1.28 bits per heavy atom. The minimum Gasteiger partial charge on any atom is -0.489 e. The first-order chi connectivity index (χ1) is 15.4. The van der Waals surface area contributed by atoms with Crippen LogP contribution in [0.5, 0.6) is 5.75 Å². The van der Waals surface area contributed by atoms with Gasteiger partial charge in [0.2, 0.25) is 0 Å². The number of H-pyrrole nitrogens is 1. The van der Waals surface area contributed by atoms with Crippen LogP contribution in [0.1, 0.15) is 42.5 Å². The fraction of sp³-hybridized carbons (Fsp3) is 0.292. The fourth-order valence-electron chi connectivity index (χ4n) is 4.07. The van der Waals surface area contributed by atoms with Crippen molar-refractivity contribution in [3.63, 3.8) is 0 Å². The SMILES string of the molecule is Cc1cc(F)ccc1C1OCCn2nc(-c3cc4c(OC(C)C)c(C#N)ccc4[nH]3)nc21. The zero-order valence-electron chi connectivity index (χ0n) is 18.0. The van der Waals surface area contributed by atoms with E-state index in [1.165, 1.54) is 12.1 Å². The largest absolute Gasteiger partial charge is 0.489 e. The topological polar surface area (TPSA) is 88.8 Å². The highest BCUT2D eigenvalue weighted by molar-refractivity contribution is 5.92. The summed E-state index contributed by atoms with van der Waals surface area (Å²) in [7, 11) is 0. The van der Waals surface area contributed by atoms with E-state index in [1.54, 1.807) is 12.1 Å². The standard InChI is InChI=1S/C24H22FN5O2/c1-13(2)32-21-15(12-26)4-7-19-18(21)11-20(27-19)23-28-24-22(31-9-8-30(24)29-23)17-6-5-16(25)10-14(17)3/h4-7,10-11,13,22,27H,8-9H2,1-3H3. The molecule has 3 heterocycles. The van der Waals surface area contributed by atoms with Crippen molar-refractivity contribution in [1.82, 2.24) is 19.7 Å². The molecule has 2 aromatic carbocycles. The van der Waals surface area contributed by atoms with Gasteiger partial charge in [-0.15, -0.1) is 5.10 Å². The quantitative estimate of drug-likeness (QED) is 0.508. The number of fused-ring (bicyclic) bond motifs is 2. The maximum Gasteiger partial charge on any atom is 0.197 e. The van der Waals surface area contributed by atoms with Crippen molar-refractivity contribution in [2.24, 2.45) is 0 Å². The van der Waals surface area contributed by atoms with E-state index in [-0.39, 0.29) is 11.9 Å². The summed E-state index contributed by atoms with van der Waals surface area (Å²) in [6.07, 6.45) is -0.485. The van der Waals surface area contributed by atoms with Crippen LogP contribution in [0.2, 0.25) is 0 Å². The molecule has 2 aromatic heterocycles. The van der Waals surface area contributed by atoms with Crippen LogP contribution in [0.3, 0.4) is 0 Å². The lowest BCUT2D eigenvalue weighted by molar-refractivity contribution is 0.0386. The molecule has 8 heteroatoms. The number of aryl methyl sites for hydroxylation is 1. The molecule has 0 saturated heterocycles. The molecule has 1 atom stereocenters. The zero-order chi connectivity index (χ0) is 22.4. The number of hydrogen-bond donors (Lipinski definition) is 1. The average Bonchev–Trinajstić information content (AvgIpc) is 3.38. The summed E-state index contributed by atoms with van der Waals surface area (Å²) in [5.41, 5.74) is 3.71. The summed E-state index contributed by atoms with van der Waals surface area (Å²) < 4.78 is 27.4. The third-order valence-electron chi connectivity index (χ3n) is 5.51. The second-order valence-electron chi connectivity index (χ2n) is 8.13. The number of ether oxygens (including phenoxy) is 2. The number of aromatic amines is 1. The van der Waals surface area contributed by atoms with Crippen molar-refractivity contribution in [2.75, 3.05) is 6.61 Å². The van der Waals surface area contributed by atoms with Crippen molar-refractivity contribution >= 4 is 10.9 Å². The van der Waals surface area contributed by atoms with Crippen molar-refractivity contribution in [3.05, 3.63) is 64.7 Å². The van der Waals surface area contributed by atoms with Gasteiger partial charge in [0.05, 0.1) is 30.5 Å². The van der Waals surface area contributed by atoms with E-state index < -0.39 is 6.10 Å². The first-order valence-corrected chi connectivity index (χ1v) is 10.5. The van der Waals surface area contributed by atoms with E-state index in [2.05, 4.69) is 16.2 Å². The lowest BCUT2D eigenvalue weighted by Gasteiger charge is -2.24. The highest BCUT2D eigenvalue weighted by Gasteiger charge is 2.29. The highest BCUT2D eigenvalue weighted by atomic mass is 19.1. The number of rotatable bonds is 4. The van der Waals surface area contributed by atoms with Crippen molar-refractivity contribution in [1.29, 1.82) is 5.26 Å². The molecule has 4 aromatic rings. The van der Waals surface area contributed by atoms with Gasteiger partial charge in [0, 0.05) is 10.9 Å². The summed E-state index contributed by atoms with van der Waals surface area (Å²) in [6, 6.07) is 12.4. The second kappa shape index (κ2) is 7.77. The first-order valence-electron chi connectivity index (χ1n) is 10.5. The van der Waals surface area contributed by atoms with Gasteiger partial charge in [0.15, 0.2) is 11.6 Å². The number of nitrogens with one attached hydrogen (secondary N) is 1. The summed E-state index contributed by atoms with van der Waals surface area (Å²) >= 11 is 0. The molecule has 0 bridgehead atoms.